The Hall–Kier alpha value is -2.08. The van der Waals surface area contributed by atoms with Gasteiger partial charge in [-0.15, -0.1) is 0 Å². The molecule has 23 heavy (non-hydrogen) atoms. The molecule has 0 radical (unpaired) electrons. The van der Waals surface area contributed by atoms with Crippen molar-refractivity contribution in [1.82, 2.24) is 4.90 Å². The number of para-hydroxylation sites is 2. The zero-order valence-electron chi connectivity index (χ0n) is 13.9. The third-order valence-corrected chi connectivity index (χ3v) is 3.80. The lowest BCUT2D eigenvalue weighted by molar-refractivity contribution is -0.132. The average Bonchev–Trinajstić information content (AvgIpc) is 2.55. The molecule has 6 nitrogen and oxygen atoms in total. The van der Waals surface area contributed by atoms with E-state index in [9.17, 15) is 9.59 Å². The van der Waals surface area contributed by atoms with Gasteiger partial charge in [0.15, 0.2) is 0 Å². The van der Waals surface area contributed by atoms with Crippen molar-refractivity contribution in [3.8, 4) is 0 Å². The standard InChI is InChI=1S/C17H25N3O3/c1-3-8-20(14(2)21)13-17(22)18-15-6-4-5-7-16(15)19-9-11-23-12-10-19/h4-7H,3,8-13H2,1-2H3,(H,18,22). The Morgan fingerprint density at radius 2 is 1.96 bits per heavy atom. The minimum atomic E-state index is -0.172. The molecule has 1 aromatic carbocycles. The number of hydrogen-bond acceptors (Lipinski definition) is 4. The average molecular weight is 319 g/mol. The van der Waals surface area contributed by atoms with Crippen molar-refractivity contribution in [1.29, 1.82) is 0 Å². The normalized spacial score (nSPS) is 14.4. The van der Waals surface area contributed by atoms with E-state index in [-0.39, 0.29) is 18.4 Å². The van der Waals surface area contributed by atoms with Gasteiger partial charge >= 0.3 is 0 Å². The van der Waals surface area contributed by atoms with Crippen LogP contribution in [0.25, 0.3) is 0 Å². The molecular formula is C17H25N3O3. The van der Waals surface area contributed by atoms with Gasteiger partial charge in [0.25, 0.3) is 0 Å². The van der Waals surface area contributed by atoms with Crippen LogP contribution in [0, 0.1) is 0 Å². The third-order valence-electron chi connectivity index (χ3n) is 3.80. The number of carbonyl (C=O) groups excluding carboxylic acids is 2. The maximum Gasteiger partial charge on any atom is 0.244 e. The van der Waals surface area contributed by atoms with E-state index in [0.717, 1.165) is 30.9 Å². The lowest BCUT2D eigenvalue weighted by Gasteiger charge is -2.30. The number of carbonyl (C=O) groups is 2. The van der Waals surface area contributed by atoms with Crippen molar-refractivity contribution in [2.75, 3.05) is 49.6 Å². The molecule has 0 atom stereocenters. The second kappa shape index (κ2) is 8.53. The number of hydrogen-bond donors (Lipinski definition) is 1. The lowest BCUT2D eigenvalue weighted by Crippen LogP contribution is -2.38. The number of rotatable bonds is 6. The Morgan fingerprint density at radius 3 is 2.61 bits per heavy atom. The minimum Gasteiger partial charge on any atom is -0.378 e. The van der Waals surface area contributed by atoms with E-state index in [1.165, 1.54) is 6.92 Å². The van der Waals surface area contributed by atoms with Gasteiger partial charge in [-0.25, -0.2) is 0 Å². The first-order chi connectivity index (χ1) is 11.1. The van der Waals surface area contributed by atoms with Crippen LogP contribution in [0.15, 0.2) is 24.3 Å². The second-order valence-corrected chi connectivity index (χ2v) is 5.61. The number of benzene rings is 1. The highest BCUT2D eigenvalue weighted by molar-refractivity contribution is 5.97. The number of nitrogens with one attached hydrogen (secondary N) is 1. The van der Waals surface area contributed by atoms with E-state index >= 15 is 0 Å². The van der Waals surface area contributed by atoms with Crippen LogP contribution in [0.5, 0.6) is 0 Å². The Kier molecular flexibility index (Phi) is 6.40. The number of ether oxygens (including phenoxy) is 1. The number of anilines is 2. The van der Waals surface area contributed by atoms with Crippen molar-refractivity contribution in [2.45, 2.75) is 20.3 Å². The molecule has 6 heteroatoms. The molecule has 0 spiro atoms. The predicted molar refractivity (Wildman–Crippen MR) is 90.6 cm³/mol. The van der Waals surface area contributed by atoms with Crippen molar-refractivity contribution in [3.05, 3.63) is 24.3 Å². The van der Waals surface area contributed by atoms with Crippen LogP contribution < -0.4 is 10.2 Å². The van der Waals surface area contributed by atoms with E-state index in [0.29, 0.717) is 19.8 Å². The first-order valence-corrected chi connectivity index (χ1v) is 8.09. The van der Waals surface area contributed by atoms with Crippen molar-refractivity contribution in [3.63, 3.8) is 0 Å². The Labute approximate surface area is 137 Å². The topological polar surface area (TPSA) is 61.9 Å². The molecule has 1 aromatic rings. The molecule has 0 saturated carbocycles. The number of nitrogens with zero attached hydrogens (tertiary/aromatic N) is 2. The summed E-state index contributed by atoms with van der Waals surface area (Å²) >= 11 is 0. The van der Waals surface area contributed by atoms with Gasteiger partial charge in [-0.2, -0.15) is 0 Å². The second-order valence-electron chi connectivity index (χ2n) is 5.61. The highest BCUT2D eigenvalue weighted by Gasteiger charge is 2.17. The summed E-state index contributed by atoms with van der Waals surface area (Å²) in [5.74, 6) is -0.252. The molecule has 1 saturated heterocycles. The first-order valence-electron chi connectivity index (χ1n) is 8.09. The predicted octanol–water partition coefficient (Wildman–Crippen LogP) is 1.72. The summed E-state index contributed by atoms with van der Waals surface area (Å²) in [4.78, 5) is 27.6. The van der Waals surface area contributed by atoms with E-state index in [2.05, 4.69) is 10.2 Å². The van der Waals surface area contributed by atoms with Crippen LogP contribution >= 0.6 is 0 Å². The summed E-state index contributed by atoms with van der Waals surface area (Å²) in [7, 11) is 0. The fourth-order valence-corrected chi connectivity index (χ4v) is 2.64. The van der Waals surface area contributed by atoms with Gasteiger partial charge in [0.05, 0.1) is 31.1 Å². The third kappa shape index (κ3) is 4.96. The summed E-state index contributed by atoms with van der Waals surface area (Å²) in [5.41, 5.74) is 1.77. The molecule has 1 heterocycles. The Morgan fingerprint density at radius 1 is 1.26 bits per heavy atom. The summed E-state index contributed by atoms with van der Waals surface area (Å²) in [5, 5.41) is 2.94. The van der Waals surface area contributed by atoms with E-state index in [1.54, 1.807) is 4.90 Å². The fourth-order valence-electron chi connectivity index (χ4n) is 2.64. The zero-order chi connectivity index (χ0) is 16.7. The zero-order valence-corrected chi connectivity index (χ0v) is 13.9. The molecular weight excluding hydrogens is 294 g/mol. The SMILES string of the molecule is CCCN(CC(=O)Nc1ccccc1N1CCOCC1)C(C)=O. The molecule has 2 amide bonds. The van der Waals surface area contributed by atoms with Crippen LogP contribution in [-0.2, 0) is 14.3 Å². The Bertz CT molecular complexity index is 542. The van der Waals surface area contributed by atoms with Crippen LogP contribution in [0.3, 0.4) is 0 Å². The van der Waals surface area contributed by atoms with Crippen molar-refractivity contribution in [2.24, 2.45) is 0 Å². The van der Waals surface area contributed by atoms with Crippen LogP contribution in [0.4, 0.5) is 11.4 Å². The molecule has 126 valence electrons. The quantitative estimate of drug-likeness (QED) is 0.867. The molecule has 1 aliphatic heterocycles. The summed E-state index contributed by atoms with van der Waals surface area (Å²) in [6.07, 6.45) is 0.831. The van der Waals surface area contributed by atoms with Gasteiger partial charge in [-0.05, 0) is 18.6 Å². The fraction of sp³-hybridized carbons (Fsp3) is 0.529. The van der Waals surface area contributed by atoms with Crippen LogP contribution in [0.1, 0.15) is 20.3 Å². The van der Waals surface area contributed by atoms with E-state index in [4.69, 9.17) is 4.74 Å². The molecule has 0 aromatic heterocycles. The van der Waals surface area contributed by atoms with Gasteiger partial charge in [0.2, 0.25) is 11.8 Å². The Balaban J connectivity index is 2.04. The summed E-state index contributed by atoms with van der Waals surface area (Å²) in [6.45, 7) is 7.15. The molecule has 2 rings (SSSR count). The maximum atomic E-state index is 12.3. The highest BCUT2D eigenvalue weighted by atomic mass is 16.5. The van der Waals surface area contributed by atoms with Gasteiger partial charge < -0.3 is 19.9 Å². The first kappa shape index (κ1) is 17.3. The smallest absolute Gasteiger partial charge is 0.244 e. The van der Waals surface area contributed by atoms with Crippen molar-refractivity contribution >= 4 is 23.2 Å². The molecule has 0 aliphatic carbocycles. The largest absolute Gasteiger partial charge is 0.378 e. The van der Waals surface area contributed by atoms with Crippen LogP contribution in [0.2, 0.25) is 0 Å². The van der Waals surface area contributed by atoms with Gasteiger partial charge in [-0.3, -0.25) is 9.59 Å². The molecule has 1 fully saturated rings. The van der Waals surface area contributed by atoms with Crippen LogP contribution in [-0.4, -0.2) is 56.1 Å². The molecule has 0 bridgehead atoms. The van der Waals surface area contributed by atoms with Gasteiger partial charge in [-0.1, -0.05) is 19.1 Å². The molecule has 1 N–H and O–H groups in total. The maximum absolute atomic E-state index is 12.3. The van der Waals surface area contributed by atoms with E-state index in [1.807, 2.05) is 31.2 Å². The number of amides is 2. The summed E-state index contributed by atoms with van der Waals surface area (Å²) < 4.78 is 5.37. The molecule has 1 aliphatic rings. The number of morpholine rings is 1. The lowest BCUT2D eigenvalue weighted by atomic mass is 10.2. The van der Waals surface area contributed by atoms with Gasteiger partial charge in [0, 0.05) is 26.6 Å². The monoisotopic (exact) mass is 319 g/mol. The highest BCUT2D eigenvalue weighted by Crippen LogP contribution is 2.26. The minimum absolute atomic E-state index is 0.0801. The van der Waals surface area contributed by atoms with E-state index < -0.39 is 0 Å². The molecule has 0 unspecified atom stereocenters. The van der Waals surface area contributed by atoms with Gasteiger partial charge in [0.1, 0.15) is 0 Å². The van der Waals surface area contributed by atoms with Crippen molar-refractivity contribution < 1.29 is 14.3 Å². The summed E-state index contributed by atoms with van der Waals surface area (Å²) in [6, 6.07) is 7.74.